The topological polar surface area (TPSA) is 208 Å². The summed E-state index contributed by atoms with van der Waals surface area (Å²) in [5.41, 5.74) is 6.34. The number of nitrogens with two attached hydrogens (primary N) is 1. The van der Waals surface area contributed by atoms with Crippen molar-refractivity contribution in [2.45, 2.75) is 56.5 Å². The van der Waals surface area contributed by atoms with E-state index in [1.807, 2.05) is 0 Å². The first-order chi connectivity index (χ1) is 16.0. The molecule has 0 spiro atoms. The molecule has 8 N–H and O–H groups in total. The van der Waals surface area contributed by atoms with Crippen LogP contribution in [0.4, 0.5) is 0 Å². The van der Waals surface area contributed by atoms with Gasteiger partial charge in [-0.05, 0) is 18.9 Å². The fraction of sp³-hybridized carbons (Fsp3) is 0.476. The van der Waals surface area contributed by atoms with Crippen molar-refractivity contribution in [2.75, 3.05) is 5.75 Å². The third-order valence-electron chi connectivity index (χ3n) is 4.82. The first-order valence-electron chi connectivity index (χ1n) is 10.4. The van der Waals surface area contributed by atoms with E-state index in [2.05, 4.69) is 28.6 Å². The van der Waals surface area contributed by atoms with Crippen LogP contribution in [0.5, 0.6) is 0 Å². The summed E-state index contributed by atoms with van der Waals surface area (Å²) in [6.07, 6.45) is -1.96. The van der Waals surface area contributed by atoms with E-state index in [0.29, 0.717) is 5.56 Å². The van der Waals surface area contributed by atoms with Gasteiger partial charge in [0.1, 0.15) is 24.2 Å². The summed E-state index contributed by atoms with van der Waals surface area (Å²) in [6.45, 7) is 1.32. The zero-order valence-corrected chi connectivity index (χ0v) is 19.4. The third-order valence-corrected chi connectivity index (χ3v) is 5.18. The minimum absolute atomic E-state index is 0.0439. The van der Waals surface area contributed by atoms with Gasteiger partial charge in [0.25, 0.3) is 0 Å². The molecule has 0 radical (unpaired) electrons. The second kappa shape index (κ2) is 14.2. The molecule has 0 aliphatic heterocycles. The van der Waals surface area contributed by atoms with Crippen LogP contribution >= 0.6 is 12.6 Å². The molecule has 12 nitrogen and oxygen atoms in total. The smallest absolute Gasteiger partial charge is 0.326 e. The molecule has 0 aliphatic rings. The second-order valence-corrected chi connectivity index (χ2v) is 7.96. The van der Waals surface area contributed by atoms with Gasteiger partial charge in [0.2, 0.25) is 17.7 Å². The monoisotopic (exact) mass is 498 g/mol. The number of nitrogens with one attached hydrogen (secondary N) is 3. The van der Waals surface area contributed by atoms with Gasteiger partial charge in [0.15, 0.2) is 0 Å². The number of amides is 3. The number of carboxylic acids is 2. The van der Waals surface area contributed by atoms with E-state index in [1.54, 1.807) is 30.3 Å². The number of aliphatic hydroxyl groups excluding tert-OH is 1. The summed E-state index contributed by atoms with van der Waals surface area (Å²) in [6, 6.07) is 3.48. The lowest BCUT2D eigenvalue weighted by Crippen LogP contribution is -2.59. The van der Waals surface area contributed by atoms with Crippen LogP contribution < -0.4 is 21.7 Å². The lowest BCUT2D eigenvalue weighted by Gasteiger charge is -2.25. The molecular formula is C21H30N4O8S. The van der Waals surface area contributed by atoms with E-state index in [-0.39, 0.29) is 18.6 Å². The molecule has 0 saturated heterocycles. The van der Waals surface area contributed by atoms with Gasteiger partial charge >= 0.3 is 11.9 Å². The Balaban J connectivity index is 2.97. The van der Waals surface area contributed by atoms with Crippen molar-refractivity contribution in [3.63, 3.8) is 0 Å². The van der Waals surface area contributed by atoms with Gasteiger partial charge in [0, 0.05) is 18.6 Å². The average molecular weight is 499 g/mol. The largest absolute Gasteiger partial charge is 0.481 e. The Morgan fingerprint density at radius 1 is 0.912 bits per heavy atom. The Bertz CT molecular complexity index is 868. The molecule has 34 heavy (non-hydrogen) atoms. The van der Waals surface area contributed by atoms with Gasteiger partial charge in [0.05, 0.1) is 6.10 Å². The third kappa shape index (κ3) is 9.77. The summed E-state index contributed by atoms with van der Waals surface area (Å²) in [7, 11) is 0. The van der Waals surface area contributed by atoms with Crippen LogP contribution in [0.15, 0.2) is 30.3 Å². The number of benzene rings is 1. The highest BCUT2D eigenvalue weighted by molar-refractivity contribution is 7.80. The molecule has 5 unspecified atom stereocenters. The number of carboxylic acid groups (broad SMARTS) is 2. The van der Waals surface area contributed by atoms with Crippen LogP contribution in [0.1, 0.15) is 25.3 Å². The lowest BCUT2D eigenvalue weighted by atomic mass is 10.0. The van der Waals surface area contributed by atoms with Crippen molar-refractivity contribution >= 4 is 42.3 Å². The first-order valence-corrected chi connectivity index (χ1v) is 11.0. The van der Waals surface area contributed by atoms with Crippen LogP contribution in [0, 0.1) is 0 Å². The van der Waals surface area contributed by atoms with Crippen LogP contribution in [0.2, 0.25) is 0 Å². The van der Waals surface area contributed by atoms with E-state index >= 15 is 0 Å². The van der Waals surface area contributed by atoms with Crippen LogP contribution in [0.25, 0.3) is 0 Å². The molecule has 0 aliphatic carbocycles. The number of aliphatic carboxylic acids is 2. The summed E-state index contributed by atoms with van der Waals surface area (Å²) in [5, 5.41) is 34.6. The van der Waals surface area contributed by atoms with Crippen molar-refractivity contribution in [3.8, 4) is 0 Å². The molecule has 188 valence electrons. The minimum Gasteiger partial charge on any atom is -0.481 e. The first kappa shape index (κ1) is 28.9. The number of carbonyl (C=O) groups is 5. The number of thiol groups is 1. The maximum Gasteiger partial charge on any atom is 0.326 e. The number of rotatable bonds is 14. The Hall–Kier alpha value is -3.16. The number of aliphatic hydroxyl groups is 1. The zero-order valence-electron chi connectivity index (χ0n) is 18.5. The maximum atomic E-state index is 12.9. The van der Waals surface area contributed by atoms with Crippen LogP contribution in [0.3, 0.4) is 0 Å². The number of carbonyl (C=O) groups excluding carboxylic acids is 3. The fourth-order valence-electron chi connectivity index (χ4n) is 2.81. The molecule has 13 heteroatoms. The Labute approximate surface area is 201 Å². The average Bonchev–Trinajstić information content (AvgIpc) is 2.78. The Morgan fingerprint density at radius 2 is 1.44 bits per heavy atom. The van der Waals surface area contributed by atoms with Crippen molar-refractivity contribution in [3.05, 3.63) is 35.9 Å². The van der Waals surface area contributed by atoms with E-state index < -0.39 is 66.4 Å². The van der Waals surface area contributed by atoms with Gasteiger partial charge in [-0.3, -0.25) is 19.2 Å². The summed E-state index contributed by atoms with van der Waals surface area (Å²) in [5.74, 6) is -5.29. The van der Waals surface area contributed by atoms with Crippen molar-refractivity contribution in [2.24, 2.45) is 5.73 Å². The van der Waals surface area contributed by atoms with Crippen molar-refractivity contribution < 1.29 is 39.3 Å². The predicted octanol–water partition coefficient (Wildman–Crippen LogP) is -1.73. The van der Waals surface area contributed by atoms with Gasteiger partial charge < -0.3 is 37.0 Å². The minimum atomic E-state index is -1.48. The van der Waals surface area contributed by atoms with Gasteiger partial charge in [-0.1, -0.05) is 30.3 Å². The van der Waals surface area contributed by atoms with Crippen molar-refractivity contribution in [1.29, 1.82) is 0 Å². The molecule has 0 fully saturated rings. The zero-order chi connectivity index (χ0) is 25.8. The SMILES string of the molecule is CC(O)C(N)C(=O)NC(Cc1ccccc1)C(=O)NC(CS)C(=O)NC(CCC(=O)O)C(=O)O. The van der Waals surface area contributed by atoms with Crippen molar-refractivity contribution in [1.82, 2.24) is 16.0 Å². The molecule has 0 heterocycles. The highest BCUT2D eigenvalue weighted by Crippen LogP contribution is 2.06. The quantitative estimate of drug-likeness (QED) is 0.137. The standard InChI is InChI=1S/C21H30N4O8S/c1-11(26)17(22)20(31)24-14(9-12-5-3-2-4-6-12)18(29)25-15(10-34)19(30)23-13(21(32)33)7-8-16(27)28/h2-6,11,13-15,17,26,34H,7-10,22H2,1H3,(H,23,30)(H,24,31)(H,25,29)(H,27,28)(H,32,33). The summed E-state index contributed by atoms with van der Waals surface area (Å²) < 4.78 is 0. The van der Waals surface area contributed by atoms with Crippen LogP contribution in [-0.2, 0) is 30.4 Å². The molecule has 1 aromatic carbocycles. The Kier molecular flexibility index (Phi) is 12.0. The highest BCUT2D eigenvalue weighted by atomic mass is 32.1. The number of hydrogen-bond donors (Lipinski definition) is 8. The molecule has 1 aromatic rings. The molecule has 0 saturated carbocycles. The molecule has 0 bridgehead atoms. The molecular weight excluding hydrogens is 468 g/mol. The van der Waals surface area contributed by atoms with Gasteiger partial charge in [-0.25, -0.2) is 4.79 Å². The fourth-order valence-corrected chi connectivity index (χ4v) is 3.07. The van der Waals surface area contributed by atoms with E-state index in [9.17, 15) is 34.2 Å². The predicted molar refractivity (Wildman–Crippen MR) is 124 cm³/mol. The molecule has 5 atom stereocenters. The van der Waals surface area contributed by atoms with E-state index in [4.69, 9.17) is 10.8 Å². The lowest BCUT2D eigenvalue weighted by molar-refractivity contribution is -0.143. The normalized spacial score (nSPS) is 15.2. The van der Waals surface area contributed by atoms with Gasteiger partial charge in [-0.15, -0.1) is 0 Å². The van der Waals surface area contributed by atoms with E-state index in [1.165, 1.54) is 6.92 Å². The molecule has 1 rings (SSSR count). The molecule has 0 aromatic heterocycles. The maximum absolute atomic E-state index is 12.9. The second-order valence-electron chi connectivity index (χ2n) is 7.59. The summed E-state index contributed by atoms with van der Waals surface area (Å²) in [4.78, 5) is 59.9. The number of hydrogen-bond acceptors (Lipinski definition) is 8. The summed E-state index contributed by atoms with van der Waals surface area (Å²) >= 11 is 4.03. The molecule has 3 amide bonds. The highest BCUT2D eigenvalue weighted by Gasteiger charge is 2.30. The van der Waals surface area contributed by atoms with Crippen LogP contribution in [-0.4, -0.2) is 81.0 Å². The van der Waals surface area contributed by atoms with E-state index in [0.717, 1.165) is 0 Å². The van der Waals surface area contributed by atoms with Gasteiger partial charge in [-0.2, -0.15) is 12.6 Å². The Morgan fingerprint density at radius 3 is 1.94 bits per heavy atom.